The number of methoxy groups -OCH3 is 1. The van der Waals surface area contributed by atoms with Gasteiger partial charge in [-0.15, -0.1) is 0 Å². The van der Waals surface area contributed by atoms with Crippen LogP contribution in [0.15, 0.2) is 6.07 Å². The molecule has 0 spiro atoms. The third kappa shape index (κ3) is 2.71. The fourth-order valence-electron chi connectivity index (χ4n) is 2.74. The van der Waals surface area contributed by atoms with Gasteiger partial charge in [0.2, 0.25) is 0 Å². The van der Waals surface area contributed by atoms with E-state index in [2.05, 4.69) is 47.6 Å². The molecule has 0 atom stereocenters. The maximum atomic E-state index is 5.74. The first-order chi connectivity index (χ1) is 8.40. The summed E-state index contributed by atoms with van der Waals surface area (Å²) < 4.78 is 5.74. The molecule has 0 saturated carbocycles. The van der Waals surface area contributed by atoms with Crippen LogP contribution in [0.4, 0.5) is 0 Å². The molecular formula is C17H28O. The fourth-order valence-corrected chi connectivity index (χ4v) is 2.74. The normalized spacial score (nSPS) is 11.7. The minimum Gasteiger partial charge on any atom is -0.496 e. The van der Waals surface area contributed by atoms with Crippen LogP contribution in [0.3, 0.4) is 0 Å². The van der Waals surface area contributed by atoms with Crippen LogP contribution in [0.1, 0.15) is 63.8 Å². The van der Waals surface area contributed by atoms with E-state index in [1.54, 1.807) is 7.11 Å². The van der Waals surface area contributed by atoms with Crippen molar-refractivity contribution in [3.05, 3.63) is 28.3 Å². The van der Waals surface area contributed by atoms with Gasteiger partial charge >= 0.3 is 0 Å². The molecule has 1 heteroatoms. The predicted octanol–water partition coefficient (Wildman–Crippen LogP) is 4.68. The Morgan fingerprint density at radius 2 is 1.50 bits per heavy atom. The largest absolute Gasteiger partial charge is 0.496 e. The van der Waals surface area contributed by atoms with Gasteiger partial charge in [0.25, 0.3) is 0 Å². The summed E-state index contributed by atoms with van der Waals surface area (Å²) in [4.78, 5) is 0. The maximum absolute atomic E-state index is 5.74. The van der Waals surface area contributed by atoms with Gasteiger partial charge in [-0.3, -0.25) is 0 Å². The van der Waals surface area contributed by atoms with E-state index in [0.29, 0.717) is 0 Å². The first-order valence-corrected chi connectivity index (χ1v) is 7.12. The van der Waals surface area contributed by atoms with Crippen molar-refractivity contribution in [3.63, 3.8) is 0 Å². The van der Waals surface area contributed by atoms with E-state index < -0.39 is 0 Å². The molecule has 0 saturated heterocycles. The smallest absolute Gasteiger partial charge is 0.126 e. The van der Waals surface area contributed by atoms with Gasteiger partial charge < -0.3 is 4.74 Å². The lowest BCUT2D eigenvalue weighted by Crippen LogP contribution is -2.16. The summed E-state index contributed by atoms with van der Waals surface area (Å²) in [5.41, 5.74) is 5.86. The van der Waals surface area contributed by atoms with Crippen molar-refractivity contribution in [1.82, 2.24) is 0 Å². The van der Waals surface area contributed by atoms with E-state index >= 15 is 0 Å². The van der Waals surface area contributed by atoms with Gasteiger partial charge in [0.05, 0.1) is 7.11 Å². The van der Waals surface area contributed by atoms with Crippen molar-refractivity contribution in [2.75, 3.05) is 7.11 Å². The van der Waals surface area contributed by atoms with Gasteiger partial charge in [-0.05, 0) is 41.4 Å². The number of hydrogen-bond acceptors (Lipinski definition) is 1. The molecule has 0 aliphatic heterocycles. The molecule has 18 heavy (non-hydrogen) atoms. The molecule has 0 bridgehead atoms. The quantitative estimate of drug-likeness (QED) is 0.751. The third-order valence-electron chi connectivity index (χ3n) is 3.69. The molecule has 1 aromatic rings. The minimum absolute atomic E-state index is 0.130. The van der Waals surface area contributed by atoms with Crippen molar-refractivity contribution in [1.29, 1.82) is 0 Å². The maximum Gasteiger partial charge on any atom is 0.126 e. The van der Waals surface area contributed by atoms with Crippen LogP contribution >= 0.6 is 0 Å². The van der Waals surface area contributed by atoms with Crippen LogP contribution in [0, 0.1) is 0 Å². The zero-order chi connectivity index (χ0) is 13.9. The van der Waals surface area contributed by atoms with E-state index in [1.165, 1.54) is 22.3 Å². The molecule has 1 nitrogen and oxygen atoms in total. The van der Waals surface area contributed by atoms with Crippen molar-refractivity contribution in [3.8, 4) is 5.75 Å². The Hall–Kier alpha value is -0.980. The van der Waals surface area contributed by atoms with Crippen molar-refractivity contribution in [2.24, 2.45) is 0 Å². The monoisotopic (exact) mass is 248 g/mol. The first-order valence-electron chi connectivity index (χ1n) is 7.12. The highest BCUT2D eigenvalue weighted by molar-refractivity contribution is 5.53. The molecule has 0 amide bonds. The van der Waals surface area contributed by atoms with Crippen LogP contribution in [0.2, 0.25) is 0 Å². The van der Waals surface area contributed by atoms with E-state index in [4.69, 9.17) is 4.74 Å². The van der Waals surface area contributed by atoms with Gasteiger partial charge in [-0.25, -0.2) is 0 Å². The van der Waals surface area contributed by atoms with Gasteiger partial charge in [-0.1, -0.05) is 47.6 Å². The summed E-state index contributed by atoms with van der Waals surface area (Å²) in [7, 11) is 1.80. The average Bonchev–Trinajstić information content (AvgIpc) is 2.34. The van der Waals surface area contributed by atoms with Gasteiger partial charge in [0.15, 0.2) is 0 Å². The van der Waals surface area contributed by atoms with E-state index in [9.17, 15) is 0 Å². The lowest BCUT2D eigenvalue weighted by Gasteiger charge is -2.27. The molecule has 0 fully saturated rings. The number of hydrogen-bond donors (Lipinski definition) is 0. The van der Waals surface area contributed by atoms with E-state index in [0.717, 1.165) is 25.0 Å². The molecule has 102 valence electrons. The fraction of sp³-hybridized carbons (Fsp3) is 0.647. The highest BCUT2D eigenvalue weighted by atomic mass is 16.5. The SMILES string of the molecule is CCc1cc(C(C)(C)C)c(OC)c(CC)c1CC. The van der Waals surface area contributed by atoms with E-state index in [1.807, 2.05) is 0 Å². The second-order valence-electron chi connectivity index (χ2n) is 5.88. The average molecular weight is 248 g/mol. The van der Waals surface area contributed by atoms with E-state index in [-0.39, 0.29) is 5.41 Å². The molecule has 0 aliphatic carbocycles. The van der Waals surface area contributed by atoms with Crippen molar-refractivity contribution >= 4 is 0 Å². The summed E-state index contributed by atoms with van der Waals surface area (Å²) in [5.74, 6) is 1.11. The molecule has 0 heterocycles. The lowest BCUT2D eigenvalue weighted by atomic mass is 9.81. The summed E-state index contributed by atoms with van der Waals surface area (Å²) in [6, 6.07) is 2.36. The number of ether oxygens (including phenoxy) is 1. The second kappa shape index (κ2) is 5.77. The summed E-state index contributed by atoms with van der Waals surface area (Å²) in [6.07, 6.45) is 3.24. The number of benzene rings is 1. The first kappa shape index (κ1) is 15.1. The van der Waals surface area contributed by atoms with Crippen LogP contribution in [-0.4, -0.2) is 7.11 Å². The summed E-state index contributed by atoms with van der Waals surface area (Å²) in [6.45, 7) is 13.5. The topological polar surface area (TPSA) is 9.23 Å². The molecule has 0 aliphatic rings. The number of aryl methyl sites for hydroxylation is 1. The minimum atomic E-state index is 0.130. The Kier molecular flexibility index (Phi) is 4.84. The van der Waals surface area contributed by atoms with Crippen molar-refractivity contribution in [2.45, 2.75) is 66.2 Å². The summed E-state index contributed by atoms with van der Waals surface area (Å²) in [5, 5.41) is 0. The Morgan fingerprint density at radius 1 is 0.944 bits per heavy atom. The van der Waals surface area contributed by atoms with Gasteiger partial charge in [0, 0.05) is 5.56 Å². The third-order valence-corrected chi connectivity index (χ3v) is 3.69. The van der Waals surface area contributed by atoms with Gasteiger partial charge in [0.1, 0.15) is 5.75 Å². The Balaban J connectivity index is 3.64. The molecular weight excluding hydrogens is 220 g/mol. The lowest BCUT2D eigenvalue weighted by molar-refractivity contribution is 0.392. The molecule has 1 aromatic carbocycles. The van der Waals surface area contributed by atoms with Crippen LogP contribution in [0.25, 0.3) is 0 Å². The molecule has 0 radical (unpaired) electrons. The Bertz CT molecular complexity index is 411. The molecule has 1 rings (SSSR count). The zero-order valence-electron chi connectivity index (χ0n) is 13.1. The van der Waals surface area contributed by atoms with Crippen LogP contribution < -0.4 is 4.74 Å². The molecule has 0 unspecified atom stereocenters. The highest BCUT2D eigenvalue weighted by Gasteiger charge is 2.23. The van der Waals surface area contributed by atoms with Crippen molar-refractivity contribution < 1.29 is 4.74 Å². The predicted molar refractivity (Wildman–Crippen MR) is 79.8 cm³/mol. The highest BCUT2D eigenvalue weighted by Crippen LogP contribution is 2.38. The molecule has 0 N–H and O–H groups in total. The standard InChI is InChI=1S/C17H28O/c1-8-12-11-15(17(4,5)6)16(18-7)14(10-3)13(12)9-2/h11H,8-10H2,1-7H3. The zero-order valence-corrected chi connectivity index (χ0v) is 13.1. The Labute approximate surface area is 113 Å². The van der Waals surface area contributed by atoms with Gasteiger partial charge in [-0.2, -0.15) is 0 Å². The summed E-state index contributed by atoms with van der Waals surface area (Å²) >= 11 is 0. The molecule has 0 aromatic heterocycles. The number of rotatable bonds is 4. The second-order valence-corrected chi connectivity index (χ2v) is 5.88. The van der Waals surface area contributed by atoms with Crippen LogP contribution in [-0.2, 0) is 24.7 Å². The Morgan fingerprint density at radius 3 is 1.83 bits per heavy atom. The van der Waals surface area contributed by atoms with Crippen LogP contribution in [0.5, 0.6) is 5.75 Å².